The molecule has 1 aromatic carbocycles. The van der Waals surface area contributed by atoms with Crippen LogP contribution in [0, 0.1) is 11.7 Å². The summed E-state index contributed by atoms with van der Waals surface area (Å²) in [6, 6.07) is 9.37. The number of nitrogens with zero attached hydrogens (tertiary/aromatic N) is 4. The van der Waals surface area contributed by atoms with E-state index in [2.05, 4.69) is 31.7 Å². The molecule has 3 aliphatic rings. The number of nitrogens with one attached hydrogen (secondary N) is 2. The quantitative estimate of drug-likeness (QED) is 0.791. The van der Waals surface area contributed by atoms with E-state index in [-0.39, 0.29) is 5.82 Å². The second-order valence-electron chi connectivity index (χ2n) is 8.90. The number of benzene rings is 1. The van der Waals surface area contributed by atoms with E-state index in [4.69, 9.17) is 4.98 Å². The van der Waals surface area contributed by atoms with Crippen LogP contribution in [0.2, 0.25) is 0 Å². The molecule has 3 saturated heterocycles. The molecule has 4 heterocycles. The Morgan fingerprint density at radius 2 is 1.87 bits per heavy atom. The highest BCUT2D eigenvalue weighted by Crippen LogP contribution is 2.32. The maximum absolute atomic E-state index is 13.2. The lowest BCUT2D eigenvalue weighted by molar-refractivity contribution is 0.139. The van der Waals surface area contributed by atoms with Crippen molar-refractivity contribution in [3.63, 3.8) is 0 Å². The van der Waals surface area contributed by atoms with Crippen LogP contribution in [0.4, 0.5) is 10.3 Å². The van der Waals surface area contributed by atoms with Crippen molar-refractivity contribution in [1.29, 1.82) is 0 Å². The van der Waals surface area contributed by atoms with Crippen molar-refractivity contribution >= 4 is 5.95 Å². The number of anilines is 1. The third-order valence-corrected chi connectivity index (χ3v) is 6.83. The Kier molecular flexibility index (Phi) is 5.93. The van der Waals surface area contributed by atoms with Gasteiger partial charge >= 0.3 is 0 Å². The molecule has 5 rings (SSSR count). The standard InChI is InChI=1S/C23H31FN6/c24-19-7-5-17(6-8-19)15-29-11-3-4-18(16-29)22-20(14-26-28-22)21-9-10-25-23(27-21)30-12-1-2-13-30/h5-10,18,20,22,26,28H,1-4,11-16H2. The Hall–Kier alpha value is -2.09. The van der Waals surface area contributed by atoms with Crippen LogP contribution in [0.5, 0.6) is 0 Å². The van der Waals surface area contributed by atoms with Crippen LogP contribution >= 0.6 is 0 Å². The summed E-state index contributed by atoms with van der Waals surface area (Å²) in [6.45, 7) is 6.07. The van der Waals surface area contributed by atoms with Crippen LogP contribution in [-0.2, 0) is 6.54 Å². The molecule has 0 radical (unpaired) electrons. The fourth-order valence-electron chi connectivity index (χ4n) is 5.26. The highest BCUT2D eigenvalue weighted by Gasteiger charge is 2.37. The molecule has 2 N–H and O–H groups in total. The van der Waals surface area contributed by atoms with E-state index >= 15 is 0 Å². The molecule has 6 nitrogen and oxygen atoms in total. The van der Waals surface area contributed by atoms with Gasteiger partial charge in [0.1, 0.15) is 5.82 Å². The lowest BCUT2D eigenvalue weighted by Gasteiger charge is -2.37. The lowest BCUT2D eigenvalue weighted by atomic mass is 9.82. The zero-order valence-electron chi connectivity index (χ0n) is 17.4. The molecule has 3 aliphatic heterocycles. The summed E-state index contributed by atoms with van der Waals surface area (Å²) < 4.78 is 13.2. The van der Waals surface area contributed by atoms with Crippen molar-refractivity contribution in [1.82, 2.24) is 25.7 Å². The molecule has 30 heavy (non-hydrogen) atoms. The molecule has 3 unspecified atom stereocenters. The van der Waals surface area contributed by atoms with Gasteiger partial charge in [0.05, 0.1) is 5.69 Å². The molecule has 0 amide bonds. The normalized spacial score (nSPS) is 27.6. The van der Waals surface area contributed by atoms with Crippen molar-refractivity contribution in [2.24, 2.45) is 5.92 Å². The maximum atomic E-state index is 13.2. The van der Waals surface area contributed by atoms with Gasteiger partial charge in [0, 0.05) is 50.9 Å². The Morgan fingerprint density at radius 1 is 1.03 bits per heavy atom. The summed E-state index contributed by atoms with van der Waals surface area (Å²) >= 11 is 0. The Balaban J connectivity index is 1.27. The minimum absolute atomic E-state index is 0.169. The molecule has 0 saturated carbocycles. The van der Waals surface area contributed by atoms with E-state index in [1.807, 2.05) is 18.3 Å². The molecular weight excluding hydrogens is 379 g/mol. The van der Waals surface area contributed by atoms with Crippen LogP contribution in [0.3, 0.4) is 0 Å². The van der Waals surface area contributed by atoms with Gasteiger partial charge in [-0.3, -0.25) is 15.8 Å². The summed E-state index contributed by atoms with van der Waals surface area (Å²) in [6.07, 6.45) is 6.80. The van der Waals surface area contributed by atoms with Crippen LogP contribution in [0.1, 0.15) is 42.9 Å². The Morgan fingerprint density at radius 3 is 2.70 bits per heavy atom. The molecule has 0 aliphatic carbocycles. The van der Waals surface area contributed by atoms with Crippen LogP contribution in [-0.4, -0.2) is 53.6 Å². The first-order chi connectivity index (χ1) is 14.8. The van der Waals surface area contributed by atoms with Crippen LogP contribution in [0.25, 0.3) is 0 Å². The van der Waals surface area contributed by atoms with Crippen molar-refractivity contribution in [2.75, 3.05) is 37.6 Å². The minimum atomic E-state index is -0.169. The van der Waals surface area contributed by atoms with E-state index in [1.165, 1.54) is 31.2 Å². The zero-order chi connectivity index (χ0) is 20.3. The van der Waals surface area contributed by atoms with Gasteiger partial charge in [0.2, 0.25) is 5.95 Å². The first-order valence-electron chi connectivity index (χ1n) is 11.3. The summed E-state index contributed by atoms with van der Waals surface area (Å²) in [4.78, 5) is 14.3. The predicted octanol–water partition coefficient (Wildman–Crippen LogP) is 2.69. The van der Waals surface area contributed by atoms with Gasteiger partial charge in [-0.15, -0.1) is 0 Å². The molecule has 160 valence electrons. The predicted molar refractivity (Wildman–Crippen MR) is 116 cm³/mol. The number of aromatic nitrogens is 2. The zero-order valence-corrected chi connectivity index (χ0v) is 17.4. The summed E-state index contributed by atoms with van der Waals surface area (Å²) in [5.74, 6) is 1.63. The van der Waals surface area contributed by atoms with Crippen molar-refractivity contribution in [2.45, 2.75) is 44.2 Å². The molecule has 3 fully saturated rings. The molecule has 0 bridgehead atoms. The first kappa shape index (κ1) is 19.8. The monoisotopic (exact) mass is 410 g/mol. The maximum Gasteiger partial charge on any atom is 0.225 e. The van der Waals surface area contributed by atoms with Crippen LogP contribution < -0.4 is 15.8 Å². The first-order valence-corrected chi connectivity index (χ1v) is 11.3. The van der Waals surface area contributed by atoms with Gasteiger partial charge in [-0.25, -0.2) is 14.4 Å². The minimum Gasteiger partial charge on any atom is -0.341 e. The molecule has 0 spiro atoms. The summed E-state index contributed by atoms with van der Waals surface area (Å²) in [5.41, 5.74) is 9.27. The third-order valence-electron chi connectivity index (χ3n) is 6.83. The number of likely N-dealkylation sites (tertiary alicyclic amines) is 1. The Bertz CT molecular complexity index is 838. The molecular formula is C23H31FN6. The van der Waals surface area contributed by atoms with Crippen molar-refractivity contribution in [3.8, 4) is 0 Å². The smallest absolute Gasteiger partial charge is 0.225 e. The molecule has 7 heteroatoms. The number of hydrazine groups is 1. The third kappa shape index (κ3) is 4.33. The van der Waals surface area contributed by atoms with E-state index in [0.29, 0.717) is 17.9 Å². The summed E-state index contributed by atoms with van der Waals surface area (Å²) in [7, 11) is 0. The molecule has 1 aromatic heterocycles. The van der Waals surface area contributed by atoms with Gasteiger partial charge in [-0.05, 0) is 61.9 Å². The van der Waals surface area contributed by atoms with Gasteiger partial charge in [-0.1, -0.05) is 12.1 Å². The number of hydrogen-bond donors (Lipinski definition) is 2. The van der Waals surface area contributed by atoms with E-state index in [1.54, 1.807) is 12.1 Å². The largest absolute Gasteiger partial charge is 0.341 e. The highest BCUT2D eigenvalue weighted by molar-refractivity contribution is 5.33. The number of hydrogen-bond acceptors (Lipinski definition) is 6. The lowest BCUT2D eigenvalue weighted by Crippen LogP contribution is -2.46. The number of halogens is 1. The van der Waals surface area contributed by atoms with Crippen molar-refractivity contribution in [3.05, 3.63) is 53.6 Å². The van der Waals surface area contributed by atoms with Gasteiger partial charge in [0.25, 0.3) is 0 Å². The van der Waals surface area contributed by atoms with Crippen LogP contribution in [0.15, 0.2) is 36.5 Å². The second-order valence-corrected chi connectivity index (χ2v) is 8.90. The SMILES string of the molecule is Fc1ccc(CN2CCCC(C3NNCC3c3ccnc(N4CCCC4)n3)C2)cc1. The summed E-state index contributed by atoms with van der Waals surface area (Å²) in [5, 5.41) is 0. The number of piperidine rings is 1. The average molecular weight is 411 g/mol. The van der Waals surface area contributed by atoms with Gasteiger partial charge in [-0.2, -0.15) is 0 Å². The fourth-order valence-corrected chi connectivity index (χ4v) is 5.26. The second kappa shape index (κ2) is 8.96. The molecule has 2 aromatic rings. The van der Waals surface area contributed by atoms with Crippen molar-refractivity contribution < 1.29 is 4.39 Å². The van der Waals surface area contributed by atoms with Gasteiger partial charge < -0.3 is 4.90 Å². The topological polar surface area (TPSA) is 56.3 Å². The number of rotatable bonds is 5. The Labute approximate surface area is 177 Å². The van der Waals surface area contributed by atoms with Gasteiger partial charge in [0.15, 0.2) is 0 Å². The molecule has 3 atom stereocenters. The highest BCUT2D eigenvalue weighted by atomic mass is 19.1. The van der Waals surface area contributed by atoms with E-state index < -0.39 is 0 Å². The average Bonchev–Trinajstić information content (AvgIpc) is 3.48. The van der Waals surface area contributed by atoms with E-state index in [9.17, 15) is 4.39 Å². The van der Waals surface area contributed by atoms with E-state index in [0.717, 1.165) is 50.9 Å². The fraction of sp³-hybridized carbons (Fsp3) is 0.565.